The van der Waals surface area contributed by atoms with Gasteiger partial charge < -0.3 is 5.73 Å². The van der Waals surface area contributed by atoms with Gasteiger partial charge in [0.05, 0.1) is 4.90 Å². The van der Waals surface area contributed by atoms with E-state index < -0.39 is 10.0 Å². The van der Waals surface area contributed by atoms with Gasteiger partial charge in [0.25, 0.3) is 0 Å². The van der Waals surface area contributed by atoms with E-state index in [1.54, 1.807) is 18.2 Å². The molecule has 0 aliphatic carbocycles. The molecule has 2 aromatic rings. The minimum absolute atomic E-state index is 0.256. The lowest BCUT2D eigenvalue weighted by atomic mass is 10.1. The molecule has 0 radical (unpaired) electrons. The van der Waals surface area contributed by atoms with Crippen LogP contribution >= 0.6 is 15.9 Å². The monoisotopic (exact) mass is 352 g/mol. The topological polar surface area (TPSA) is 63.4 Å². The Balaban J connectivity index is 1.96. The molecule has 1 aliphatic heterocycles. The van der Waals surface area contributed by atoms with Crippen molar-refractivity contribution >= 4 is 31.6 Å². The van der Waals surface area contributed by atoms with Gasteiger partial charge in [0, 0.05) is 23.2 Å². The molecule has 0 bridgehead atoms. The molecular formula is C14H13BrN2O2S. The molecule has 0 saturated carbocycles. The third-order valence-corrected chi connectivity index (χ3v) is 5.90. The maximum atomic E-state index is 12.6. The summed E-state index contributed by atoms with van der Waals surface area (Å²) in [6.07, 6.45) is 0. The summed E-state index contributed by atoms with van der Waals surface area (Å²) >= 11 is 3.27. The number of hydrogen-bond acceptors (Lipinski definition) is 3. The predicted octanol–water partition coefficient (Wildman–Crippen LogP) is 2.74. The van der Waals surface area contributed by atoms with E-state index in [1.807, 2.05) is 24.3 Å². The standard InChI is InChI=1S/C14H13BrN2O2S/c15-13-7-12(5-6-14(13)16)20(18,19)17-8-10-3-1-2-4-11(10)9-17/h1-7H,8-9,16H2. The van der Waals surface area contributed by atoms with Gasteiger partial charge in [-0.05, 0) is 45.3 Å². The Morgan fingerprint density at radius 1 is 1.05 bits per heavy atom. The summed E-state index contributed by atoms with van der Waals surface area (Å²) < 4.78 is 27.3. The quantitative estimate of drug-likeness (QED) is 0.845. The normalized spacial score (nSPS) is 15.2. The van der Waals surface area contributed by atoms with Gasteiger partial charge in [-0.15, -0.1) is 0 Å². The first-order valence-electron chi connectivity index (χ1n) is 6.10. The maximum Gasteiger partial charge on any atom is 0.243 e. The van der Waals surface area contributed by atoms with Crippen molar-refractivity contribution in [3.05, 3.63) is 58.1 Å². The third kappa shape index (κ3) is 2.24. The molecule has 104 valence electrons. The van der Waals surface area contributed by atoms with Crippen LogP contribution in [0.2, 0.25) is 0 Å². The summed E-state index contributed by atoms with van der Waals surface area (Å²) in [6, 6.07) is 12.5. The summed E-state index contributed by atoms with van der Waals surface area (Å²) in [5, 5.41) is 0. The number of nitrogen functional groups attached to an aromatic ring is 1. The van der Waals surface area contributed by atoms with Crippen LogP contribution in [0.1, 0.15) is 11.1 Å². The molecule has 2 N–H and O–H groups in total. The van der Waals surface area contributed by atoms with E-state index in [4.69, 9.17) is 5.73 Å². The van der Waals surface area contributed by atoms with Gasteiger partial charge in [-0.1, -0.05) is 24.3 Å². The van der Waals surface area contributed by atoms with Gasteiger partial charge in [-0.2, -0.15) is 4.31 Å². The number of benzene rings is 2. The first-order chi connectivity index (χ1) is 9.48. The molecule has 0 amide bonds. The highest BCUT2D eigenvalue weighted by Gasteiger charge is 2.30. The minimum Gasteiger partial charge on any atom is -0.398 e. The molecule has 0 saturated heterocycles. The molecule has 0 atom stereocenters. The van der Waals surface area contributed by atoms with Crippen LogP contribution in [0.3, 0.4) is 0 Å². The Labute approximate surface area is 126 Å². The second kappa shape index (κ2) is 4.87. The lowest BCUT2D eigenvalue weighted by Crippen LogP contribution is -2.25. The van der Waals surface area contributed by atoms with Crippen molar-refractivity contribution in [1.82, 2.24) is 4.31 Å². The summed E-state index contributed by atoms with van der Waals surface area (Å²) in [5.74, 6) is 0. The Kier molecular flexibility index (Phi) is 3.32. The van der Waals surface area contributed by atoms with Gasteiger partial charge >= 0.3 is 0 Å². The Bertz CT molecular complexity index is 749. The van der Waals surface area contributed by atoms with Crippen molar-refractivity contribution in [2.75, 3.05) is 5.73 Å². The average molecular weight is 353 g/mol. The Morgan fingerprint density at radius 2 is 1.65 bits per heavy atom. The number of halogens is 1. The van der Waals surface area contributed by atoms with E-state index in [0.717, 1.165) is 11.1 Å². The van der Waals surface area contributed by atoms with Crippen molar-refractivity contribution in [1.29, 1.82) is 0 Å². The number of hydrogen-bond donors (Lipinski definition) is 1. The number of nitrogens with two attached hydrogens (primary N) is 1. The van der Waals surface area contributed by atoms with Crippen LogP contribution in [-0.2, 0) is 23.1 Å². The Hall–Kier alpha value is -1.37. The van der Waals surface area contributed by atoms with Crippen LogP contribution in [0.4, 0.5) is 5.69 Å². The second-order valence-electron chi connectivity index (χ2n) is 4.73. The number of nitrogens with zero attached hydrogens (tertiary/aromatic N) is 1. The van der Waals surface area contributed by atoms with Crippen LogP contribution < -0.4 is 5.73 Å². The largest absolute Gasteiger partial charge is 0.398 e. The molecule has 2 aromatic carbocycles. The SMILES string of the molecule is Nc1ccc(S(=O)(=O)N2Cc3ccccc3C2)cc1Br. The zero-order valence-corrected chi connectivity index (χ0v) is 13.0. The van der Waals surface area contributed by atoms with Crippen LogP contribution in [0.5, 0.6) is 0 Å². The molecule has 3 rings (SSSR count). The van der Waals surface area contributed by atoms with E-state index in [0.29, 0.717) is 23.2 Å². The number of anilines is 1. The van der Waals surface area contributed by atoms with Crippen LogP contribution in [0.15, 0.2) is 51.8 Å². The molecule has 6 heteroatoms. The van der Waals surface area contributed by atoms with Gasteiger partial charge in [-0.25, -0.2) is 8.42 Å². The number of sulfonamides is 1. The lowest BCUT2D eigenvalue weighted by molar-refractivity contribution is 0.431. The highest BCUT2D eigenvalue weighted by molar-refractivity contribution is 9.10. The van der Waals surface area contributed by atoms with Gasteiger partial charge in [0.15, 0.2) is 0 Å². The summed E-state index contributed by atoms with van der Waals surface area (Å²) in [5.41, 5.74) is 8.34. The first-order valence-corrected chi connectivity index (χ1v) is 8.34. The number of fused-ring (bicyclic) bond motifs is 1. The van der Waals surface area contributed by atoms with E-state index in [9.17, 15) is 8.42 Å². The van der Waals surface area contributed by atoms with Crippen LogP contribution in [-0.4, -0.2) is 12.7 Å². The molecule has 0 unspecified atom stereocenters. The van der Waals surface area contributed by atoms with E-state index >= 15 is 0 Å². The maximum absolute atomic E-state index is 12.6. The van der Waals surface area contributed by atoms with Crippen molar-refractivity contribution in [2.45, 2.75) is 18.0 Å². The fourth-order valence-electron chi connectivity index (χ4n) is 2.29. The minimum atomic E-state index is -3.50. The average Bonchev–Trinajstić information content (AvgIpc) is 2.86. The fourth-order valence-corrected chi connectivity index (χ4v) is 4.24. The molecule has 0 fully saturated rings. The molecule has 1 aliphatic rings. The van der Waals surface area contributed by atoms with Crippen molar-refractivity contribution in [2.24, 2.45) is 0 Å². The molecule has 0 spiro atoms. The molecule has 20 heavy (non-hydrogen) atoms. The summed E-state index contributed by atoms with van der Waals surface area (Å²) in [6.45, 7) is 0.834. The van der Waals surface area contributed by atoms with Crippen molar-refractivity contribution in [3.63, 3.8) is 0 Å². The van der Waals surface area contributed by atoms with Crippen LogP contribution in [0, 0.1) is 0 Å². The summed E-state index contributed by atoms with van der Waals surface area (Å²) in [7, 11) is -3.50. The van der Waals surface area contributed by atoms with Gasteiger partial charge in [0.2, 0.25) is 10.0 Å². The predicted molar refractivity (Wildman–Crippen MR) is 81.4 cm³/mol. The van der Waals surface area contributed by atoms with E-state index in [1.165, 1.54) is 4.31 Å². The molecule has 1 heterocycles. The van der Waals surface area contributed by atoms with Crippen LogP contribution in [0.25, 0.3) is 0 Å². The fraction of sp³-hybridized carbons (Fsp3) is 0.143. The van der Waals surface area contributed by atoms with E-state index in [-0.39, 0.29) is 4.90 Å². The molecule has 4 nitrogen and oxygen atoms in total. The van der Waals surface area contributed by atoms with E-state index in [2.05, 4.69) is 15.9 Å². The highest BCUT2D eigenvalue weighted by Crippen LogP contribution is 2.30. The molecule has 0 aromatic heterocycles. The third-order valence-electron chi connectivity index (χ3n) is 3.42. The molecular weight excluding hydrogens is 340 g/mol. The van der Waals surface area contributed by atoms with Gasteiger partial charge in [0.1, 0.15) is 0 Å². The summed E-state index contributed by atoms with van der Waals surface area (Å²) in [4.78, 5) is 0.256. The van der Waals surface area contributed by atoms with Gasteiger partial charge in [-0.3, -0.25) is 0 Å². The van der Waals surface area contributed by atoms with Crippen molar-refractivity contribution in [3.8, 4) is 0 Å². The zero-order chi connectivity index (χ0) is 14.3. The lowest BCUT2D eigenvalue weighted by Gasteiger charge is -2.16. The first kappa shape index (κ1) is 13.6. The second-order valence-corrected chi connectivity index (χ2v) is 7.52. The number of rotatable bonds is 2. The highest BCUT2D eigenvalue weighted by atomic mass is 79.9. The van der Waals surface area contributed by atoms with Crippen molar-refractivity contribution < 1.29 is 8.42 Å². The smallest absolute Gasteiger partial charge is 0.243 e. The Morgan fingerprint density at radius 3 is 2.20 bits per heavy atom. The zero-order valence-electron chi connectivity index (χ0n) is 10.6.